The second kappa shape index (κ2) is 3.70. The first-order valence-corrected chi connectivity index (χ1v) is 5.11. The summed E-state index contributed by atoms with van der Waals surface area (Å²) in [5, 5.41) is 8.83. The zero-order chi connectivity index (χ0) is 11.8. The van der Waals surface area contributed by atoms with E-state index in [0.29, 0.717) is 17.9 Å². The van der Waals surface area contributed by atoms with Crippen LogP contribution in [0, 0.1) is 0 Å². The van der Waals surface area contributed by atoms with Gasteiger partial charge in [-0.1, -0.05) is 12.1 Å². The van der Waals surface area contributed by atoms with Crippen LogP contribution in [-0.2, 0) is 11.2 Å². The van der Waals surface area contributed by atoms with Crippen LogP contribution in [-0.4, -0.2) is 23.8 Å². The molecule has 1 N–H and O–H groups in total. The molecular weight excluding hydrogens is 208 g/mol. The number of carbonyl (C=O) groups is 1. The van der Waals surface area contributed by atoms with E-state index in [0.717, 1.165) is 5.56 Å². The fourth-order valence-corrected chi connectivity index (χ4v) is 2.08. The third kappa shape index (κ3) is 1.83. The number of carboxylic acid groups (broad SMARTS) is 1. The van der Waals surface area contributed by atoms with Gasteiger partial charge in [0.15, 0.2) is 11.5 Å². The predicted octanol–water partition coefficient (Wildman–Crippen LogP) is 1.86. The highest BCUT2D eigenvalue weighted by atomic mass is 16.5. The van der Waals surface area contributed by atoms with Crippen LogP contribution in [0.5, 0.6) is 11.5 Å². The SMILES string of the molecule is COc1cccc2c1OC(C)(CC(=O)O)C2. The van der Waals surface area contributed by atoms with Crippen molar-refractivity contribution in [1.82, 2.24) is 0 Å². The van der Waals surface area contributed by atoms with Gasteiger partial charge in [0.05, 0.1) is 13.5 Å². The molecule has 1 heterocycles. The van der Waals surface area contributed by atoms with Crippen LogP contribution in [0.25, 0.3) is 0 Å². The fourth-order valence-electron chi connectivity index (χ4n) is 2.08. The molecule has 1 aromatic carbocycles. The molecule has 0 bridgehead atoms. The van der Waals surface area contributed by atoms with E-state index in [1.807, 2.05) is 18.2 Å². The van der Waals surface area contributed by atoms with Gasteiger partial charge in [-0.3, -0.25) is 4.79 Å². The van der Waals surface area contributed by atoms with E-state index in [4.69, 9.17) is 14.6 Å². The maximum atomic E-state index is 10.8. The van der Waals surface area contributed by atoms with Crippen molar-refractivity contribution in [2.75, 3.05) is 7.11 Å². The zero-order valence-corrected chi connectivity index (χ0v) is 9.32. The number of rotatable bonds is 3. The molecule has 1 aromatic rings. The number of methoxy groups -OCH3 is 1. The Morgan fingerprint density at radius 3 is 3.00 bits per heavy atom. The van der Waals surface area contributed by atoms with Crippen LogP contribution in [0.2, 0.25) is 0 Å². The summed E-state index contributed by atoms with van der Waals surface area (Å²) in [7, 11) is 1.58. The number of fused-ring (bicyclic) bond motifs is 1. The van der Waals surface area contributed by atoms with Crippen LogP contribution in [0.3, 0.4) is 0 Å². The molecule has 4 nitrogen and oxygen atoms in total. The average molecular weight is 222 g/mol. The lowest BCUT2D eigenvalue weighted by Gasteiger charge is -2.21. The van der Waals surface area contributed by atoms with Crippen molar-refractivity contribution >= 4 is 5.97 Å². The Hall–Kier alpha value is -1.71. The molecule has 1 aliphatic heterocycles. The topological polar surface area (TPSA) is 55.8 Å². The van der Waals surface area contributed by atoms with Crippen molar-refractivity contribution < 1.29 is 19.4 Å². The maximum absolute atomic E-state index is 10.8. The van der Waals surface area contributed by atoms with E-state index in [1.165, 1.54) is 0 Å². The van der Waals surface area contributed by atoms with Crippen molar-refractivity contribution in [2.45, 2.75) is 25.4 Å². The van der Waals surface area contributed by atoms with Gasteiger partial charge in [-0.05, 0) is 13.0 Å². The van der Waals surface area contributed by atoms with Gasteiger partial charge in [0, 0.05) is 12.0 Å². The Labute approximate surface area is 93.8 Å². The molecule has 0 aromatic heterocycles. The highest BCUT2D eigenvalue weighted by Crippen LogP contribution is 2.42. The normalized spacial score (nSPS) is 22.4. The average Bonchev–Trinajstić information content (AvgIpc) is 2.51. The van der Waals surface area contributed by atoms with E-state index in [9.17, 15) is 4.79 Å². The molecule has 0 fully saturated rings. The van der Waals surface area contributed by atoms with Gasteiger partial charge in [0.1, 0.15) is 5.60 Å². The molecule has 2 rings (SSSR count). The highest BCUT2D eigenvalue weighted by molar-refractivity contribution is 5.69. The van der Waals surface area contributed by atoms with Gasteiger partial charge in [0.25, 0.3) is 0 Å². The molecule has 0 amide bonds. The Balaban J connectivity index is 2.29. The number of carboxylic acids is 1. The molecular formula is C12H14O4. The molecule has 16 heavy (non-hydrogen) atoms. The lowest BCUT2D eigenvalue weighted by atomic mass is 9.96. The van der Waals surface area contributed by atoms with Gasteiger partial charge in [-0.15, -0.1) is 0 Å². The van der Waals surface area contributed by atoms with Crippen LogP contribution in [0.4, 0.5) is 0 Å². The molecule has 4 heteroatoms. The second-order valence-corrected chi connectivity index (χ2v) is 4.25. The minimum Gasteiger partial charge on any atom is -0.493 e. The molecule has 0 saturated carbocycles. The molecule has 1 unspecified atom stereocenters. The van der Waals surface area contributed by atoms with Crippen molar-refractivity contribution in [3.05, 3.63) is 23.8 Å². The summed E-state index contributed by atoms with van der Waals surface area (Å²) >= 11 is 0. The first kappa shape index (κ1) is 10.8. The Morgan fingerprint density at radius 1 is 1.62 bits per heavy atom. The molecule has 86 valence electrons. The summed E-state index contributed by atoms with van der Waals surface area (Å²) in [6, 6.07) is 5.63. The Morgan fingerprint density at radius 2 is 2.38 bits per heavy atom. The van der Waals surface area contributed by atoms with Gasteiger partial charge < -0.3 is 14.6 Å². The standard InChI is InChI=1S/C12H14O4/c1-12(7-10(13)14)6-8-4-3-5-9(15-2)11(8)16-12/h3-5H,6-7H2,1-2H3,(H,13,14). The lowest BCUT2D eigenvalue weighted by Crippen LogP contribution is -2.33. The summed E-state index contributed by atoms with van der Waals surface area (Å²) in [6.45, 7) is 1.81. The number of para-hydroxylation sites is 1. The number of hydrogen-bond donors (Lipinski definition) is 1. The van der Waals surface area contributed by atoms with Crippen LogP contribution in [0.1, 0.15) is 18.9 Å². The molecule has 1 aliphatic rings. The Kier molecular flexibility index (Phi) is 2.50. The van der Waals surface area contributed by atoms with Gasteiger partial charge >= 0.3 is 5.97 Å². The number of benzene rings is 1. The fraction of sp³-hybridized carbons (Fsp3) is 0.417. The summed E-state index contributed by atoms with van der Waals surface area (Å²) < 4.78 is 10.9. The van der Waals surface area contributed by atoms with Gasteiger partial charge in [0.2, 0.25) is 0 Å². The molecule has 0 saturated heterocycles. The van der Waals surface area contributed by atoms with Crippen LogP contribution >= 0.6 is 0 Å². The van der Waals surface area contributed by atoms with Crippen LogP contribution < -0.4 is 9.47 Å². The summed E-state index contributed by atoms with van der Waals surface area (Å²) in [6.07, 6.45) is 0.594. The number of aliphatic carboxylic acids is 1. The third-order valence-electron chi connectivity index (χ3n) is 2.72. The summed E-state index contributed by atoms with van der Waals surface area (Å²) in [4.78, 5) is 10.8. The molecule has 0 radical (unpaired) electrons. The van der Waals surface area contributed by atoms with Crippen molar-refractivity contribution in [3.63, 3.8) is 0 Å². The van der Waals surface area contributed by atoms with E-state index in [2.05, 4.69) is 0 Å². The minimum atomic E-state index is -0.853. The van der Waals surface area contributed by atoms with E-state index >= 15 is 0 Å². The Bertz CT molecular complexity index is 427. The van der Waals surface area contributed by atoms with Crippen LogP contribution in [0.15, 0.2) is 18.2 Å². The van der Waals surface area contributed by atoms with E-state index < -0.39 is 11.6 Å². The molecule has 1 atom stereocenters. The second-order valence-electron chi connectivity index (χ2n) is 4.25. The van der Waals surface area contributed by atoms with Crippen molar-refractivity contribution in [2.24, 2.45) is 0 Å². The minimum absolute atomic E-state index is 0.00909. The van der Waals surface area contributed by atoms with Crippen molar-refractivity contribution in [1.29, 1.82) is 0 Å². The molecule has 0 aliphatic carbocycles. The van der Waals surface area contributed by atoms with Gasteiger partial charge in [-0.2, -0.15) is 0 Å². The first-order chi connectivity index (χ1) is 7.54. The number of hydrogen-bond acceptors (Lipinski definition) is 3. The van der Waals surface area contributed by atoms with E-state index in [-0.39, 0.29) is 6.42 Å². The van der Waals surface area contributed by atoms with Gasteiger partial charge in [-0.25, -0.2) is 0 Å². The zero-order valence-electron chi connectivity index (χ0n) is 9.32. The smallest absolute Gasteiger partial charge is 0.307 e. The monoisotopic (exact) mass is 222 g/mol. The lowest BCUT2D eigenvalue weighted by molar-refractivity contribution is -0.140. The predicted molar refractivity (Wildman–Crippen MR) is 58.0 cm³/mol. The number of ether oxygens (including phenoxy) is 2. The quantitative estimate of drug-likeness (QED) is 0.848. The largest absolute Gasteiger partial charge is 0.493 e. The maximum Gasteiger partial charge on any atom is 0.307 e. The third-order valence-corrected chi connectivity index (χ3v) is 2.72. The summed E-state index contributed by atoms with van der Waals surface area (Å²) in [5.74, 6) is 0.481. The first-order valence-electron chi connectivity index (χ1n) is 5.11. The summed E-state index contributed by atoms with van der Waals surface area (Å²) in [5.41, 5.74) is 0.339. The molecule has 0 spiro atoms. The van der Waals surface area contributed by atoms with E-state index in [1.54, 1.807) is 14.0 Å². The van der Waals surface area contributed by atoms with Crippen molar-refractivity contribution in [3.8, 4) is 11.5 Å². The highest BCUT2D eigenvalue weighted by Gasteiger charge is 2.38.